The van der Waals surface area contributed by atoms with E-state index in [1.807, 2.05) is 78.9 Å². The second kappa shape index (κ2) is 5.54. The number of Topliss-reactive ketones (excluding diaryl/α,β-unsaturated/α-hetero) is 1. The van der Waals surface area contributed by atoms with Crippen molar-refractivity contribution in [3.05, 3.63) is 95.8 Å². The van der Waals surface area contributed by atoms with Gasteiger partial charge in [0.2, 0.25) is 0 Å². The van der Waals surface area contributed by atoms with Gasteiger partial charge in [-0.3, -0.25) is 4.79 Å². The summed E-state index contributed by atoms with van der Waals surface area (Å²) in [4.78, 5) is 12.8. The molecule has 0 spiro atoms. The Morgan fingerprint density at radius 1 is 0.913 bits per heavy atom. The van der Waals surface area contributed by atoms with E-state index in [-0.39, 0.29) is 11.7 Å². The van der Waals surface area contributed by atoms with Crippen LogP contribution in [0.3, 0.4) is 0 Å². The minimum atomic E-state index is -0.729. The Kier molecular flexibility index (Phi) is 3.38. The van der Waals surface area contributed by atoms with E-state index in [1.54, 1.807) is 0 Å². The molecule has 0 N–H and O–H groups in total. The molecular formula is C21H18O2. The van der Waals surface area contributed by atoms with Crippen molar-refractivity contribution >= 4 is 5.78 Å². The molecule has 2 nitrogen and oxygen atoms in total. The summed E-state index contributed by atoms with van der Waals surface area (Å²) in [7, 11) is 0. The summed E-state index contributed by atoms with van der Waals surface area (Å²) < 4.78 is 6.51. The number of rotatable bonds is 2. The Morgan fingerprint density at radius 2 is 1.52 bits per heavy atom. The van der Waals surface area contributed by atoms with Crippen LogP contribution in [-0.4, -0.2) is 5.78 Å². The first kappa shape index (κ1) is 14.0. The van der Waals surface area contributed by atoms with Gasteiger partial charge < -0.3 is 4.74 Å². The number of fused-ring (bicyclic) bond motifs is 1. The van der Waals surface area contributed by atoms with Gasteiger partial charge in [-0.25, -0.2) is 0 Å². The van der Waals surface area contributed by atoms with E-state index in [9.17, 15) is 4.79 Å². The average Bonchev–Trinajstić information content (AvgIpc) is 2.63. The first-order valence-corrected chi connectivity index (χ1v) is 7.99. The second-order valence-corrected chi connectivity index (χ2v) is 6.09. The highest BCUT2D eigenvalue weighted by Crippen LogP contribution is 2.46. The molecule has 23 heavy (non-hydrogen) atoms. The van der Waals surface area contributed by atoms with Gasteiger partial charge in [-0.2, -0.15) is 0 Å². The molecule has 1 aliphatic heterocycles. The van der Waals surface area contributed by atoms with Crippen molar-refractivity contribution in [3.63, 3.8) is 0 Å². The molecule has 1 fully saturated rings. The van der Waals surface area contributed by atoms with Crippen molar-refractivity contribution in [1.82, 2.24) is 0 Å². The second-order valence-electron chi connectivity index (χ2n) is 6.09. The molecule has 1 unspecified atom stereocenters. The summed E-state index contributed by atoms with van der Waals surface area (Å²) in [6.07, 6.45) is 7.06. The van der Waals surface area contributed by atoms with Crippen LogP contribution in [0.15, 0.2) is 84.7 Å². The zero-order valence-electron chi connectivity index (χ0n) is 12.8. The lowest BCUT2D eigenvalue weighted by Crippen LogP contribution is -2.42. The predicted octanol–water partition coefficient (Wildman–Crippen LogP) is 4.38. The van der Waals surface area contributed by atoms with E-state index >= 15 is 0 Å². The Hall–Kier alpha value is -2.61. The fraction of sp³-hybridized carbons (Fsp3) is 0.190. The van der Waals surface area contributed by atoms with Gasteiger partial charge in [-0.05, 0) is 12.5 Å². The number of hydrogen-bond donors (Lipinski definition) is 0. The first-order valence-electron chi connectivity index (χ1n) is 7.99. The standard InChI is InChI=1S/C21H18O2/c22-19-15-21(16-9-3-1-4-10-16,17-11-5-2-6-12-17)23-20-14-8-7-13-18(19)20/h1-12,14,18H,13,15H2. The fourth-order valence-electron chi connectivity index (χ4n) is 3.51. The number of hydrogen-bond acceptors (Lipinski definition) is 2. The number of allylic oxidation sites excluding steroid dienone is 4. The molecule has 0 saturated carbocycles. The third kappa shape index (κ3) is 2.31. The van der Waals surface area contributed by atoms with Crippen molar-refractivity contribution in [1.29, 1.82) is 0 Å². The van der Waals surface area contributed by atoms with Gasteiger partial charge >= 0.3 is 0 Å². The Balaban J connectivity index is 1.89. The molecule has 114 valence electrons. The summed E-state index contributed by atoms with van der Waals surface area (Å²) in [5, 5.41) is 0. The van der Waals surface area contributed by atoms with E-state index < -0.39 is 5.60 Å². The molecule has 2 aliphatic rings. The van der Waals surface area contributed by atoms with Crippen LogP contribution >= 0.6 is 0 Å². The van der Waals surface area contributed by atoms with Crippen LogP contribution in [0, 0.1) is 5.92 Å². The van der Waals surface area contributed by atoms with Crippen LogP contribution in [0.2, 0.25) is 0 Å². The molecular weight excluding hydrogens is 284 g/mol. The van der Waals surface area contributed by atoms with Crippen LogP contribution < -0.4 is 0 Å². The zero-order valence-corrected chi connectivity index (χ0v) is 12.8. The third-order valence-corrected chi connectivity index (χ3v) is 4.70. The van der Waals surface area contributed by atoms with Crippen molar-refractivity contribution in [2.75, 3.05) is 0 Å². The lowest BCUT2D eigenvalue weighted by molar-refractivity contribution is -0.135. The van der Waals surface area contributed by atoms with Crippen LogP contribution in [0.4, 0.5) is 0 Å². The van der Waals surface area contributed by atoms with E-state index in [1.165, 1.54) is 0 Å². The number of ether oxygens (including phenoxy) is 1. The number of benzene rings is 2. The Morgan fingerprint density at radius 3 is 2.13 bits per heavy atom. The highest BCUT2D eigenvalue weighted by Gasteiger charge is 2.46. The molecule has 2 heteroatoms. The van der Waals surface area contributed by atoms with Gasteiger partial charge in [0.1, 0.15) is 11.5 Å². The van der Waals surface area contributed by atoms with Crippen LogP contribution in [0.1, 0.15) is 24.0 Å². The number of carbonyl (C=O) groups excluding carboxylic acids is 1. The molecule has 4 rings (SSSR count). The molecule has 0 aromatic heterocycles. The Bertz CT molecular complexity index is 733. The minimum absolute atomic E-state index is 0.124. The van der Waals surface area contributed by atoms with Gasteiger partial charge in [0.05, 0.1) is 12.3 Å². The lowest BCUT2D eigenvalue weighted by Gasteiger charge is -2.42. The van der Waals surface area contributed by atoms with Crippen molar-refractivity contribution in [3.8, 4) is 0 Å². The minimum Gasteiger partial charge on any atom is -0.481 e. The normalized spacial score (nSPS) is 22.0. The molecule has 2 aromatic rings. The van der Waals surface area contributed by atoms with Gasteiger partial charge in [0.25, 0.3) is 0 Å². The third-order valence-electron chi connectivity index (χ3n) is 4.70. The van der Waals surface area contributed by atoms with Gasteiger partial charge in [-0.1, -0.05) is 72.8 Å². The summed E-state index contributed by atoms with van der Waals surface area (Å²) in [5.41, 5.74) is 1.31. The quantitative estimate of drug-likeness (QED) is 0.823. The molecule has 1 atom stereocenters. The van der Waals surface area contributed by atoms with E-state index in [0.29, 0.717) is 6.42 Å². The molecule has 0 radical (unpaired) electrons. The molecule has 0 amide bonds. The summed E-state index contributed by atoms with van der Waals surface area (Å²) >= 11 is 0. The van der Waals surface area contributed by atoms with Crippen molar-refractivity contribution < 1.29 is 9.53 Å². The number of ketones is 1. The topological polar surface area (TPSA) is 26.3 Å². The van der Waals surface area contributed by atoms with E-state index in [4.69, 9.17) is 4.74 Å². The first-order chi connectivity index (χ1) is 11.3. The predicted molar refractivity (Wildman–Crippen MR) is 89.7 cm³/mol. The van der Waals surface area contributed by atoms with Crippen LogP contribution in [-0.2, 0) is 15.1 Å². The molecule has 0 bridgehead atoms. The maximum atomic E-state index is 12.8. The maximum absolute atomic E-state index is 12.8. The van der Waals surface area contributed by atoms with Gasteiger partial charge in [-0.15, -0.1) is 0 Å². The van der Waals surface area contributed by atoms with Crippen molar-refractivity contribution in [2.45, 2.75) is 18.4 Å². The lowest BCUT2D eigenvalue weighted by atomic mass is 9.75. The smallest absolute Gasteiger partial charge is 0.165 e. The molecule has 1 heterocycles. The van der Waals surface area contributed by atoms with Crippen LogP contribution in [0.5, 0.6) is 0 Å². The summed E-state index contributed by atoms with van der Waals surface area (Å²) in [6, 6.07) is 20.1. The molecule has 1 aliphatic carbocycles. The maximum Gasteiger partial charge on any atom is 0.165 e. The summed E-state index contributed by atoms with van der Waals surface area (Å²) in [6.45, 7) is 0. The van der Waals surface area contributed by atoms with Gasteiger partial charge in [0.15, 0.2) is 5.60 Å². The average molecular weight is 302 g/mol. The van der Waals surface area contributed by atoms with Gasteiger partial charge in [0, 0.05) is 11.1 Å². The highest BCUT2D eigenvalue weighted by atomic mass is 16.5. The fourth-order valence-corrected chi connectivity index (χ4v) is 3.51. The zero-order chi connectivity index (χ0) is 15.7. The summed E-state index contributed by atoms with van der Waals surface area (Å²) in [5.74, 6) is 0.913. The number of carbonyl (C=O) groups is 1. The van der Waals surface area contributed by atoms with Crippen LogP contribution in [0.25, 0.3) is 0 Å². The molecule has 2 aromatic carbocycles. The Labute approximate surface area is 136 Å². The van der Waals surface area contributed by atoms with E-state index in [0.717, 1.165) is 23.3 Å². The highest BCUT2D eigenvalue weighted by molar-refractivity contribution is 5.86. The van der Waals surface area contributed by atoms with E-state index in [2.05, 4.69) is 0 Å². The SMILES string of the molecule is O=C1CC(c2ccccc2)(c2ccccc2)OC2=CC=CCC12. The molecule has 1 saturated heterocycles. The van der Waals surface area contributed by atoms with Crippen molar-refractivity contribution in [2.24, 2.45) is 5.92 Å². The monoisotopic (exact) mass is 302 g/mol. The largest absolute Gasteiger partial charge is 0.481 e.